The maximum absolute atomic E-state index is 12.1. The van der Waals surface area contributed by atoms with Crippen molar-refractivity contribution >= 4 is 18.0 Å². The summed E-state index contributed by atoms with van der Waals surface area (Å²) in [6, 6.07) is 6.35. The van der Waals surface area contributed by atoms with Crippen LogP contribution in [-0.4, -0.2) is 70.0 Å². The molecule has 11 heteroatoms. The van der Waals surface area contributed by atoms with Crippen LogP contribution in [0.4, 0.5) is 13.6 Å². The van der Waals surface area contributed by atoms with E-state index in [1.54, 1.807) is 12.1 Å². The largest absolute Gasteiger partial charge is 0.478 e. The zero-order chi connectivity index (χ0) is 22.7. The first kappa shape index (κ1) is 24.8. The smallest absolute Gasteiger partial charge is 0.407 e. The SMILES string of the molecule is CC[C@@]1(Cc2ccc(OC(F)F)cc2)CNCCN1C(=O)O.O=C(O)C=CC(=O)O. The van der Waals surface area contributed by atoms with Crippen LogP contribution in [0.1, 0.15) is 18.9 Å². The summed E-state index contributed by atoms with van der Waals surface area (Å²) in [5, 5.41) is 28.3. The van der Waals surface area contributed by atoms with E-state index in [4.69, 9.17) is 10.2 Å². The molecular formula is C19H24F2N2O7. The number of carbonyl (C=O) groups is 3. The Morgan fingerprint density at radius 3 is 2.17 bits per heavy atom. The number of ether oxygens (including phenoxy) is 1. The highest BCUT2D eigenvalue weighted by molar-refractivity contribution is 5.89. The van der Waals surface area contributed by atoms with Crippen LogP contribution in [0.25, 0.3) is 0 Å². The van der Waals surface area contributed by atoms with E-state index >= 15 is 0 Å². The van der Waals surface area contributed by atoms with Gasteiger partial charge in [-0.3, -0.25) is 4.90 Å². The molecule has 0 aliphatic carbocycles. The number of aliphatic carboxylic acids is 2. The van der Waals surface area contributed by atoms with Crippen molar-refractivity contribution in [3.05, 3.63) is 42.0 Å². The second-order valence-corrected chi connectivity index (χ2v) is 6.40. The van der Waals surface area contributed by atoms with Crippen molar-refractivity contribution < 1.29 is 43.2 Å². The van der Waals surface area contributed by atoms with Crippen molar-refractivity contribution in [2.45, 2.75) is 31.9 Å². The number of nitrogens with zero attached hydrogens (tertiary/aromatic N) is 1. The Hall–Kier alpha value is -3.21. The minimum atomic E-state index is -2.85. The molecule has 0 bridgehead atoms. The first-order valence-corrected chi connectivity index (χ1v) is 8.98. The van der Waals surface area contributed by atoms with Gasteiger partial charge in [-0.15, -0.1) is 0 Å². The number of hydrogen-bond acceptors (Lipinski definition) is 5. The number of carboxylic acid groups (broad SMARTS) is 3. The summed E-state index contributed by atoms with van der Waals surface area (Å²) < 4.78 is 28.6. The number of carboxylic acids is 2. The van der Waals surface area contributed by atoms with E-state index in [1.165, 1.54) is 17.0 Å². The molecule has 0 radical (unpaired) electrons. The number of rotatable bonds is 7. The van der Waals surface area contributed by atoms with Gasteiger partial charge >= 0.3 is 24.6 Å². The van der Waals surface area contributed by atoms with E-state index in [9.17, 15) is 28.3 Å². The van der Waals surface area contributed by atoms with Crippen LogP contribution in [0.3, 0.4) is 0 Å². The Labute approximate surface area is 171 Å². The standard InChI is InChI=1S/C15H20F2N2O3.C4H4O4/c1-2-15(10-18-7-8-19(15)14(20)21)9-11-3-5-12(6-4-11)22-13(16)17;5-3(6)1-2-4(7)8/h3-6,13,18H,2,7-10H2,1H3,(H,20,21);1-2H,(H,5,6)(H,7,8)/t15-;/m1./s1. The fourth-order valence-electron chi connectivity index (χ4n) is 3.05. The van der Waals surface area contributed by atoms with Crippen molar-refractivity contribution in [3.8, 4) is 5.75 Å². The fourth-order valence-corrected chi connectivity index (χ4v) is 3.05. The van der Waals surface area contributed by atoms with Gasteiger partial charge in [0, 0.05) is 31.8 Å². The third kappa shape index (κ3) is 8.03. The average molecular weight is 430 g/mol. The number of halogens is 2. The Morgan fingerprint density at radius 1 is 1.17 bits per heavy atom. The van der Waals surface area contributed by atoms with Crippen LogP contribution in [0.5, 0.6) is 5.75 Å². The molecular weight excluding hydrogens is 406 g/mol. The average Bonchev–Trinajstić information content (AvgIpc) is 2.68. The van der Waals surface area contributed by atoms with Crippen molar-refractivity contribution in [3.63, 3.8) is 0 Å². The molecule has 166 valence electrons. The van der Waals surface area contributed by atoms with Gasteiger partial charge in [0.1, 0.15) is 5.75 Å². The molecule has 1 heterocycles. The lowest BCUT2D eigenvalue weighted by Gasteiger charge is -2.46. The Bertz CT molecular complexity index is 740. The molecule has 1 amide bonds. The summed E-state index contributed by atoms with van der Waals surface area (Å²) in [4.78, 5) is 32.1. The third-order valence-corrected chi connectivity index (χ3v) is 4.48. The minimum Gasteiger partial charge on any atom is -0.478 e. The lowest BCUT2D eigenvalue weighted by atomic mass is 9.85. The number of piperazine rings is 1. The monoisotopic (exact) mass is 430 g/mol. The second kappa shape index (κ2) is 11.7. The summed E-state index contributed by atoms with van der Waals surface area (Å²) in [5.41, 5.74) is 0.369. The van der Waals surface area contributed by atoms with Gasteiger partial charge in [-0.25, -0.2) is 14.4 Å². The molecule has 1 aliphatic rings. The topological polar surface area (TPSA) is 136 Å². The van der Waals surface area contributed by atoms with Crippen molar-refractivity contribution in [1.82, 2.24) is 10.2 Å². The molecule has 1 fully saturated rings. The first-order valence-electron chi connectivity index (χ1n) is 8.98. The number of alkyl halides is 2. The van der Waals surface area contributed by atoms with Gasteiger partial charge in [-0.1, -0.05) is 19.1 Å². The molecule has 0 unspecified atom stereocenters. The number of amides is 1. The molecule has 30 heavy (non-hydrogen) atoms. The molecule has 0 spiro atoms. The normalized spacial score (nSPS) is 18.6. The highest BCUT2D eigenvalue weighted by Crippen LogP contribution is 2.27. The lowest BCUT2D eigenvalue weighted by molar-refractivity contribution is -0.134. The quantitative estimate of drug-likeness (QED) is 0.484. The Kier molecular flexibility index (Phi) is 9.69. The molecule has 1 atom stereocenters. The Balaban J connectivity index is 0.000000479. The molecule has 2 rings (SSSR count). The predicted molar refractivity (Wildman–Crippen MR) is 102 cm³/mol. The van der Waals surface area contributed by atoms with Gasteiger partial charge in [0.05, 0.1) is 5.54 Å². The molecule has 0 saturated carbocycles. The fraction of sp³-hybridized carbons (Fsp3) is 0.421. The second-order valence-electron chi connectivity index (χ2n) is 6.40. The summed E-state index contributed by atoms with van der Waals surface area (Å²) in [6.07, 6.45) is 1.38. The van der Waals surface area contributed by atoms with Crippen LogP contribution in [-0.2, 0) is 16.0 Å². The van der Waals surface area contributed by atoms with Crippen molar-refractivity contribution in [2.24, 2.45) is 0 Å². The molecule has 1 aromatic carbocycles. The maximum atomic E-state index is 12.1. The zero-order valence-electron chi connectivity index (χ0n) is 16.3. The van der Waals surface area contributed by atoms with E-state index in [0.29, 0.717) is 44.6 Å². The summed E-state index contributed by atoms with van der Waals surface area (Å²) in [7, 11) is 0. The zero-order valence-corrected chi connectivity index (χ0v) is 16.3. The van der Waals surface area contributed by atoms with Gasteiger partial charge in [-0.05, 0) is 30.5 Å². The van der Waals surface area contributed by atoms with E-state index in [-0.39, 0.29) is 5.75 Å². The predicted octanol–water partition coefficient (Wildman–Crippen LogP) is 2.27. The highest BCUT2D eigenvalue weighted by atomic mass is 19.3. The van der Waals surface area contributed by atoms with E-state index in [1.807, 2.05) is 6.92 Å². The van der Waals surface area contributed by atoms with Crippen LogP contribution in [0.2, 0.25) is 0 Å². The number of benzene rings is 1. The van der Waals surface area contributed by atoms with Crippen LogP contribution < -0.4 is 10.1 Å². The van der Waals surface area contributed by atoms with Crippen LogP contribution in [0.15, 0.2) is 36.4 Å². The van der Waals surface area contributed by atoms with Gasteiger partial charge in [-0.2, -0.15) is 8.78 Å². The molecule has 1 aromatic rings. The summed E-state index contributed by atoms with van der Waals surface area (Å²) in [6.45, 7) is 0.755. The van der Waals surface area contributed by atoms with Gasteiger partial charge in [0.15, 0.2) is 0 Å². The summed E-state index contributed by atoms with van der Waals surface area (Å²) >= 11 is 0. The van der Waals surface area contributed by atoms with Gasteiger partial charge < -0.3 is 25.4 Å². The number of hydrogen-bond donors (Lipinski definition) is 4. The maximum Gasteiger partial charge on any atom is 0.407 e. The van der Waals surface area contributed by atoms with E-state index < -0.39 is 30.2 Å². The first-order chi connectivity index (χ1) is 14.1. The Morgan fingerprint density at radius 2 is 1.73 bits per heavy atom. The van der Waals surface area contributed by atoms with Crippen LogP contribution in [0, 0.1) is 0 Å². The van der Waals surface area contributed by atoms with Gasteiger partial charge in [0.2, 0.25) is 0 Å². The van der Waals surface area contributed by atoms with E-state index in [0.717, 1.165) is 5.56 Å². The van der Waals surface area contributed by atoms with Gasteiger partial charge in [0.25, 0.3) is 0 Å². The molecule has 1 saturated heterocycles. The third-order valence-electron chi connectivity index (χ3n) is 4.48. The van der Waals surface area contributed by atoms with Crippen LogP contribution >= 0.6 is 0 Å². The lowest BCUT2D eigenvalue weighted by Crippen LogP contribution is -2.63. The molecule has 1 aliphatic heterocycles. The van der Waals surface area contributed by atoms with Crippen molar-refractivity contribution in [2.75, 3.05) is 19.6 Å². The molecule has 4 N–H and O–H groups in total. The van der Waals surface area contributed by atoms with Crippen molar-refractivity contribution in [1.29, 1.82) is 0 Å². The molecule has 9 nitrogen and oxygen atoms in total. The number of nitrogens with one attached hydrogen (secondary N) is 1. The summed E-state index contributed by atoms with van der Waals surface area (Å²) in [5.74, 6) is -2.42. The molecule has 0 aromatic heterocycles. The highest BCUT2D eigenvalue weighted by Gasteiger charge is 2.40. The van der Waals surface area contributed by atoms with E-state index in [2.05, 4.69) is 10.1 Å². The minimum absolute atomic E-state index is 0.0983.